The molecule has 0 spiro atoms. The number of para-hydroxylation sites is 1. The van der Waals surface area contributed by atoms with Crippen molar-refractivity contribution in [1.82, 2.24) is 5.32 Å². The van der Waals surface area contributed by atoms with Crippen LogP contribution in [0.4, 0.5) is 0 Å². The lowest BCUT2D eigenvalue weighted by Crippen LogP contribution is -2.18. The normalized spacial score (nSPS) is 16.9. The van der Waals surface area contributed by atoms with Gasteiger partial charge in [-0.25, -0.2) is 0 Å². The van der Waals surface area contributed by atoms with Crippen molar-refractivity contribution >= 4 is 29.4 Å². The van der Waals surface area contributed by atoms with Gasteiger partial charge in [0.2, 0.25) is 0 Å². The number of phenols is 1. The molecule has 0 saturated carbocycles. The molecule has 1 aromatic carbocycles. The summed E-state index contributed by atoms with van der Waals surface area (Å²) >= 11 is 4.69. The van der Waals surface area contributed by atoms with E-state index in [9.17, 15) is 9.90 Å². The Labute approximate surface area is 103 Å². The number of carbonyl (C=O) groups is 1. The number of benzene rings is 1. The van der Waals surface area contributed by atoms with Gasteiger partial charge in [-0.1, -0.05) is 12.1 Å². The summed E-state index contributed by atoms with van der Waals surface area (Å²) in [6, 6.07) is 4.93. The summed E-state index contributed by atoms with van der Waals surface area (Å²) in [6.45, 7) is 0. The molecular formula is C11H9NO4S. The monoisotopic (exact) mass is 251 g/mol. The fraction of sp³-hybridized carbons (Fsp3) is 0.0909. The van der Waals surface area contributed by atoms with Crippen LogP contribution in [-0.2, 0) is 9.53 Å². The van der Waals surface area contributed by atoms with Gasteiger partial charge in [0.05, 0.1) is 7.11 Å². The molecule has 1 heterocycles. The maximum Gasteiger partial charge on any atom is 0.294 e. The number of ether oxygens (including phenoxy) is 2. The van der Waals surface area contributed by atoms with E-state index in [2.05, 4.69) is 17.5 Å². The molecule has 0 atom stereocenters. The van der Waals surface area contributed by atoms with Crippen LogP contribution in [0.1, 0.15) is 5.56 Å². The third-order valence-electron chi connectivity index (χ3n) is 2.18. The lowest BCUT2D eigenvalue weighted by molar-refractivity contribution is -0.116. The number of rotatable bonds is 2. The number of thiocarbonyl (C=S) groups is 1. The summed E-state index contributed by atoms with van der Waals surface area (Å²) in [6.07, 6.45) is 1.40. The molecule has 1 aliphatic rings. The lowest BCUT2D eigenvalue weighted by atomic mass is 10.1. The molecule has 88 valence electrons. The molecule has 0 aromatic heterocycles. The highest BCUT2D eigenvalue weighted by molar-refractivity contribution is 7.80. The predicted octanol–water partition coefficient (Wildman–Crippen LogP) is 1.17. The standard InChI is InChI=1S/C11H9NO4S/c1-15-7-4-2-3-6(9(7)13)5-8-10(14)12-11(17)16-8/h2-5,13H,1H3,(H,12,14,17)/b8-5+. The molecule has 0 aliphatic carbocycles. The summed E-state index contributed by atoms with van der Waals surface area (Å²) in [5.74, 6) is -0.132. The molecule has 0 bridgehead atoms. The van der Waals surface area contributed by atoms with E-state index in [1.807, 2.05) is 0 Å². The minimum Gasteiger partial charge on any atom is -0.504 e. The molecule has 0 radical (unpaired) electrons. The first-order chi connectivity index (χ1) is 8.11. The summed E-state index contributed by atoms with van der Waals surface area (Å²) in [5.41, 5.74) is 0.416. The fourth-order valence-corrected chi connectivity index (χ4v) is 1.57. The zero-order valence-corrected chi connectivity index (χ0v) is 9.71. The lowest BCUT2D eigenvalue weighted by Gasteiger charge is -2.05. The Bertz CT molecular complexity index is 524. The molecule has 2 N–H and O–H groups in total. The Morgan fingerprint density at radius 2 is 2.29 bits per heavy atom. The van der Waals surface area contributed by atoms with Crippen molar-refractivity contribution in [2.75, 3.05) is 7.11 Å². The summed E-state index contributed by atoms with van der Waals surface area (Å²) in [4.78, 5) is 11.4. The number of methoxy groups -OCH3 is 1. The molecule has 6 heteroatoms. The summed E-state index contributed by atoms with van der Waals surface area (Å²) < 4.78 is 9.94. The van der Waals surface area contributed by atoms with Crippen molar-refractivity contribution in [1.29, 1.82) is 0 Å². The molecule has 1 aliphatic heterocycles. The van der Waals surface area contributed by atoms with Crippen LogP contribution < -0.4 is 10.1 Å². The van der Waals surface area contributed by atoms with Gasteiger partial charge in [-0.3, -0.25) is 10.1 Å². The highest BCUT2D eigenvalue weighted by Crippen LogP contribution is 2.31. The fourth-order valence-electron chi connectivity index (χ4n) is 1.38. The van der Waals surface area contributed by atoms with Crippen LogP contribution in [0, 0.1) is 0 Å². The van der Waals surface area contributed by atoms with Crippen LogP contribution in [0.5, 0.6) is 11.5 Å². The quantitative estimate of drug-likeness (QED) is 0.610. The number of hydrogen-bond acceptors (Lipinski definition) is 5. The maximum atomic E-state index is 11.4. The van der Waals surface area contributed by atoms with Gasteiger partial charge in [0.25, 0.3) is 11.1 Å². The van der Waals surface area contributed by atoms with E-state index < -0.39 is 5.91 Å². The third kappa shape index (κ3) is 2.21. The summed E-state index contributed by atoms with van der Waals surface area (Å²) in [7, 11) is 1.44. The molecule has 1 aromatic rings. The van der Waals surface area contributed by atoms with E-state index in [0.29, 0.717) is 11.3 Å². The topological polar surface area (TPSA) is 67.8 Å². The molecule has 1 amide bonds. The molecule has 5 nitrogen and oxygen atoms in total. The number of carbonyl (C=O) groups excluding carboxylic acids is 1. The highest BCUT2D eigenvalue weighted by Gasteiger charge is 2.23. The number of hydrogen-bond donors (Lipinski definition) is 2. The molecule has 2 rings (SSSR count). The predicted molar refractivity (Wildman–Crippen MR) is 64.5 cm³/mol. The minimum atomic E-state index is -0.433. The van der Waals surface area contributed by atoms with Crippen molar-refractivity contribution < 1.29 is 19.4 Å². The van der Waals surface area contributed by atoms with Gasteiger partial charge in [0.15, 0.2) is 17.3 Å². The average molecular weight is 251 g/mol. The van der Waals surface area contributed by atoms with E-state index in [-0.39, 0.29) is 16.7 Å². The number of phenolic OH excluding ortho intramolecular Hbond substituents is 1. The van der Waals surface area contributed by atoms with E-state index in [4.69, 9.17) is 9.47 Å². The molecule has 0 unspecified atom stereocenters. The van der Waals surface area contributed by atoms with Crippen molar-refractivity contribution in [3.05, 3.63) is 29.5 Å². The van der Waals surface area contributed by atoms with Gasteiger partial charge in [0, 0.05) is 5.56 Å². The van der Waals surface area contributed by atoms with Gasteiger partial charge in [0.1, 0.15) is 0 Å². The van der Waals surface area contributed by atoms with Crippen LogP contribution in [0.3, 0.4) is 0 Å². The molecule has 1 saturated heterocycles. The van der Waals surface area contributed by atoms with Crippen LogP contribution in [-0.4, -0.2) is 23.3 Å². The number of amides is 1. The second-order valence-corrected chi connectivity index (χ2v) is 3.62. The summed E-state index contributed by atoms with van der Waals surface area (Å²) in [5, 5.41) is 12.1. The second-order valence-electron chi connectivity index (χ2n) is 3.25. The van der Waals surface area contributed by atoms with Crippen molar-refractivity contribution in [3.63, 3.8) is 0 Å². The first-order valence-electron chi connectivity index (χ1n) is 4.72. The second kappa shape index (κ2) is 4.42. The Morgan fingerprint density at radius 1 is 1.53 bits per heavy atom. The van der Waals surface area contributed by atoms with Crippen molar-refractivity contribution in [3.8, 4) is 11.5 Å². The van der Waals surface area contributed by atoms with Gasteiger partial charge in [-0.05, 0) is 24.4 Å². The van der Waals surface area contributed by atoms with Crippen molar-refractivity contribution in [2.24, 2.45) is 0 Å². The van der Waals surface area contributed by atoms with Crippen LogP contribution >= 0.6 is 12.2 Å². The SMILES string of the molecule is COc1cccc(/C=C2/OC(=S)NC2=O)c1O. The van der Waals surface area contributed by atoms with E-state index in [1.54, 1.807) is 18.2 Å². The minimum absolute atomic E-state index is 0.00337. The van der Waals surface area contributed by atoms with Gasteiger partial charge < -0.3 is 14.6 Å². The Kier molecular flexibility index (Phi) is 2.97. The van der Waals surface area contributed by atoms with Crippen LogP contribution in [0.2, 0.25) is 0 Å². The van der Waals surface area contributed by atoms with E-state index in [0.717, 1.165) is 0 Å². The Hall–Kier alpha value is -2.08. The number of aromatic hydroxyl groups is 1. The van der Waals surface area contributed by atoms with Gasteiger partial charge in [-0.15, -0.1) is 0 Å². The zero-order valence-electron chi connectivity index (χ0n) is 8.89. The molecule has 1 fully saturated rings. The van der Waals surface area contributed by atoms with E-state index >= 15 is 0 Å². The average Bonchev–Trinajstić information content (AvgIpc) is 2.60. The van der Waals surface area contributed by atoms with E-state index in [1.165, 1.54) is 13.2 Å². The first-order valence-corrected chi connectivity index (χ1v) is 5.13. The van der Waals surface area contributed by atoms with Gasteiger partial charge in [-0.2, -0.15) is 0 Å². The first kappa shape index (κ1) is 11.4. The Balaban J connectivity index is 2.39. The van der Waals surface area contributed by atoms with Gasteiger partial charge >= 0.3 is 0 Å². The molecular weight excluding hydrogens is 242 g/mol. The highest BCUT2D eigenvalue weighted by atomic mass is 32.1. The van der Waals surface area contributed by atoms with Crippen LogP contribution in [0.25, 0.3) is 6.08 Å². The Morgan fingerprint density at radius 3 is 2.88 bits per heavy atom. The third-order valence-corrected chi connectivity index (χ3v) is 2.36. The van der Waals surface area contributed by atoms with Crippen LogP contribution in [0.15, 0.2) is 24.0 Å². The number of nitrogens with one attached hydrogen (secondary N) is 1. The molecule has 17 heavy (non-hydrogen) atoms. The zero-order chi connectivity index (χ0) is 12.4. The largest absolute Gasteiger partial charge is 0.504 e. The van der Waals surface area contributed by atoms with Crippen molar-refractivity contribution in [2.45, 2.75) is 0 Å². The smallest absolute Gasteiger partial charge is 0.294 e. The maximum absolute atomic E-state index is 11.4.